The van der Waals surface area contributed by atoms with Crippen LogP contribution in [0.15, 0.2) is 24.3 Å². The lowest BCUT2D eigenvalue weighted by Gasteiger charge is -2.27. The van der Waals surface area contributed by atoms with E-state index in [0.29, 0.717) is 6.04 Å². The molecule has 2 rings (SSSR count). The largest absolute Gasteiger partial charge is 0.314 e. The molecule has 0 fully saturated rings. The third kappa shape index (κ3) is 3.58. The highest BCUT2D eigenvalue weighted by molar-refractivity contribution is 5.32. The minimum atomic E-state index is 0.666. The minimum Gasteiger partial charge on any atom is -0.314 e. The predicted molar refractivity (Wildman–Crippen MR) is 79.1 cm³/mol. The Bertz CT molecular complexity index is 358. The van der Waals surface area contributed by atoms with Crippen molar-refractivity contribution in [1.82, 2.24) is 5.32 Å². The Morgan fingerprint density at radius 3 is 3.00 bits per heavy atom. The van der Waals surface area contributed by atoms with E-state index in [4.69, 9.17) is 0 Å². The van der Waals surface area contributed by atoms with Crippen LogP contribution in [-0.4, -0.2) is 12.6 Å². The van der Waals surface area contributed by atoms with E-state index in [-0.39, 0.29) is 0 Å². The van der Waals surface area contributed by atoms with E-state index in [1.54, 1.807) is 11.1 Å². The van der Waals surface area contributed by atoms with Gasteiger partial charge in [0, 0.05) is 12.6 Å². The number of aryl methyl sites for hydroxylation is 1. The number of benzene rings is 1. The third-order valence-electron chi connectivity index (χ3n) is 4.20. The van der Waals surface area contributed by atoms with E-state index in [1.165, 1.54) is 38.5 Å². The second-order valence-corrected chi connectivity index (χ2v) is 5.74. The van der Waals surface area contributed by atoms with Crippen molar-refractivity contribution in [3.05, 3.63) is 35.4 Å². The second-order valence-electron chi connectivity index (χ2n) is 5.74. The monoisotopic (exact) mass is 245 g/mol. The Labute approximate surface area is 112 Å². The van der Waals surface area contributed by atoms with Crippen LogP contribution in [0.5, 0.6) is 0 Å². The van der Waals surface area contributed by atoms with Crippen LogP contribution in [0.4, 0.5) is 0 Å². The molecule has 18 heavy (non-hydrogen) atoms. The number of hydrogen-bond donors (Lipinski definition) is 1. The summed E-state index contributed by atoms with van der Waals surface area (Å²) in [5, 5.41) is 3.73. The molecule has 0 aromatic heterocycles. The normalized spacial score (nSPS) is 20.4. The Morgan fingerprint density at radius 1 is 1.33 bits per heavy atom. The summed E-state index contributed by atoms with van der Waals surface area (Å²) in [7, 11) is 0. The Kier molecular flexibility index (Phi) is 5.25. The molecule has 0 amide bonds. The van der Waals surface area contributed by atoms with Gasteiger partial charge >= 0.3 is 0 Å². The molecule has 1 N–H and O–H groups in total. The molecule has 100 valence electrons. The molecule has 2 unspecified atom stereocenters. The van der Waals surface area contributed by atoms with Crippen molar-refractivity contribution in [1.29, 1.82) is 0 Å². The van der Waals surface area contributed by atoms with Crippen molar-refractivity contribution < 1.29 is 0 Å². The number of unbranched alkanes of at least 4 members (excludes halogenated alkanes) is 1. The summed E-state index contributed by atoms with van der Waals surface area (Å²) in [4.78, 5) is 0. The van der Waals surface area contributed by atoms with Crippen molar-refractivity contribution in [2.75, 3.05) is 6.54 Å². The first-order valence-electron chi connectivity index (χ1n) is 7.62. The van der Waals surface area contributed by atoms with Gasteiger partial charge in [0.2, 0.25) is 0 Å². The van der Waals surface area contributed by atoms with Gasteiger partial charge in [-0.3, -0.25) is 0 Å². The number of nitrogens with one attached hydrogen (secondary N) is 1. The maximum absolute atomic E-state index is 3.73. The summed E-state index contributed by atoms with van der Waals surface area (Å²) >= 11 is 0. The maximum atomic E-state index is 3.73. The van der Waals surface area contributed by atoms with Crippen LogP contribution in [0.1, 0.15) is 63.0 Å². The van der Waals surface area contributed by atoms with Gasteiger partial charge in [0.05, 0.1) is 0 Å². The van der Waals surface area contributed by atoms with Crippen LogP contribution in [0, 0.1) is 0 Å². The van der Waals surface area contributed by atoms with Gasteiger partial charge in [0.25, 0.3) is 0 Å². The summed E-state index contributed by atoms with van der Waals surface area (Å²) in [6, 6.07) is 9.68. The topological polar surface area (TPSA) is 12.0 Å². The van der Waals surface area contributed by atoms with Crippen LogP contribution in [0.2, 0.25) is 0 Å². The Morgan fingerprint density at radius 2 is 2.17 bits per heavy atom. The number of fused-ring (bicyclic) bond motifs is 1. The van der Waals surface area contributed by atoms with Gasteiger partial charge in [0.15, 0.2) is 0 Å². The average molecular weight is 245 g/mol. The summed E-state index contributed by atoms with van der Waals surface area (Å²) in [5.41, 5.74) is 3.18. The summed E-state index contributed by atoms with van der Waals surface area (Å²) in [6.45, 7) is 5.75. The molecule has 0 radical (unpaired) electrons. The lowest BCUT2D eigenvalue weighted by Crippen LogP contribution is -2.31. The molecular weight excluding hydrogens is 218 g/mol. The molecule has 0 spiro atoms. The molecule has 1 aliphatic carbocycles. The van der Waals surface area contributed by atoms with E-state index >= 15 is 0 Å². The van der Waals surface area contributed by atoms with Crippen LogP contribution >= 0.6 is 0 Å². The molecule has 1 aromatic rings. The van der Waals surface area contributed by atoms with Crippen molar-refractivity contribution in [3.8, 4) is 0 Å². The maximum Gasteiger partial charge on any atom is 0.00389 e. The van der Waals surface area contributed by atoms with Gasteiger partial charge in [-0.1, -0.05) is 44.0 Å². The molecule has 2 atom stereocenters. The average Bonchev–Trinajstić information content (AvgIpc) is 2.42. The van der Waals surface area contributed by atoms with Crippen LogP contribution < -0.4 is 5.32 Å². The quantitative estimate of drug-likeness (QED) is 0.789. The zero-order valence-electron chi connectivity index (χ0n) is 11.9. The number of rotatable bonds is 6. The molecule has 0 saturated heterocycles. The van der Waals surface area contributed by atoms with Crippen LogP contribution in [-0.2, 0) is 6.42 Å². The second kappa shape index (κ2) is 6.94. The van der Waals surface area contributed by atoms with E-state index in [1.807, 2.05) is 0 Å². The van der Waals surface area contributed by atoms with E-state index in [0.717, 1.165) is 12.5 Å². The van der Waals surface area contributed by atoms with Gasteiger partial charge in [-0.25, -0.2) is 0 Å². The first-order valence-corrected chi connectivity index (χ1v) is 7.62. The summed E-state index contributed by atoms with van der Waals surface area (Å²) in [6.07, 6.45) is 7.94. The van der Waals surface area contributed by atoms with E-state index in [9.17, 15) is 0 Å². The van der Waals surface area contributed by atoms with Crippen LogP contribution in [0.25, 0.3) is 0 Å². The van der Waals surface area contributed by atoms with Gasteiger partial charge in [-0.2, -0.15) is 0 Å². The lowest BCUT2D eigenvalue weighted by atomic mass is 9.83. The first-order chi connectivity index (χ1) is 8.81. The van der Waals surface area contributed by atoms with E-state index < -0.39 is 0 Å². The zero-order chi connectivity index (χ0) is 12.8. The molecule has 0 saturated carbocycles. The van der Waals surface area contributed by atoms with Gasteiger partial charge in [-0.15, -0.1) is 0 Å². The molecule has 0 aliphatic heterocycles. The molecule has 1 aliphatic rings. The molecule has 1 aromatic carbocycles. The molecule has 1 heteroatoms. The lowest BCUT2D eigenvalue weighted by molar-refractivity contribution is 0.442. The molecule has 0 bridgehead atoms. The zero-order valence-corrected chi connectivity index (χ0v) is 11.9. The Hall–Kier alpha value is -0.820. The standard InChI is InChI=1S/C17H27N/c1-3-4-8-14(2)18-13-16-11-7-10-15-9-5-6-12-17(15)16/h5-6,9,12,14,16,18H,3-4,7-8,10-11,13H2,1-2H3. The highest BCUT2D eigenvalue weighted by Gasteiger charge is 2.19. The Balaban J connectivity index is 1.87. The van der Waals surface area contributed by atoms with Crippen molar-refractivity contribution in [3.63, 3.8) is 0 Å². The van der Waals surface area contributed by atoms with Crippen molar-refractivity contribution in [2.45, 2.75) is 64.3 Å². The molecule has 1 nitrogen and oxygen atoms in total. The van der Waals surface area contributed by atoms with Crippen molar-refractivity contribution in [2.24, 2.45) is 0 Å². The highest BCUT2D eigenvalue weighted by Crippen LogP contribution is 2.30. The molecular formula is C17H27N. The fraction of sp³-hybridized carbons (Fsp3) is 0.647. The smallest absolute Gasteiger partial charge is 0.00389 e. The van der Waals surface area contributed by atoms with Gasteiger partial charge in [-0.05, 0) is 49.7 Å². The fourth-order valence-electron chi connectivity index (χ4n) is 3.02. The summed E-state index contributed by atoms with van der Waals surface area (Å²) < 4.78 is 0. The first kappa shape index (κ1) is 13.6. The van der Waals surface area contributed by atoms with E-state index in [2.05, 4.69) is 43.4 Å². The third-order valence-corrected chi connectivity index (χ3v) is 4.20. The van der Waals surface area contributed by atoms with Crippen molar-refractivity contribution >= 4 is 0 Å². The predicted octanol–water partition coefficient (Wildman–Crippen LogP) is 4.27. The van der Waals surface area contributed by atoms with Crippen LogP contribution in [0.3, 0.4) is 0 Å². The van der Waals surface area contributed by atoms with Gasteiger partial charge < -0.3 is 5.32 Å². The minimum absolute atomic E-state index is 0.666. The fourth-order valence-corrected chi connectivity index (χ4v) is 3.02. The molecule has 0 heterocycles. The van der Waals surface area contributed by atoms with Gasteiger partial charge in [0.1, 0.15) is 0 Å². The highest BCUT2D eigenvalue weighted by atomic mass is 14.9. The SMILES string of the molecule is CCCCC(C)NCC1CCCc2ccccc21. The summed E-state index contributed by atoms with van der Waals surface area (Å²) in [5.74, 6) is 0.735. The number of hydrogen-bond acceptors (Lipinski definition) is 1.